The summed E-state index contributed by atoms with van der Waals surface area (Å²) in [5.74, 6) is 0. The monoisotopic (exact) mass is 305 g/mol. The largest absolute Gasteiger partial charge is 0.280 e. The highest BCUT2D eigenvalue weighted by Crippen LogP contribution is 2.33. The summed E-state index contributed by atoms with van der Waals surface area (Å²) in [5.41, 5.74) is 1.04. The van der Waals surface area contributed by atoms with Crippen LogP contribution in [-0.4, -0.2) is 4.98 Å². The van der Waals surface area contributed by atoms with Crippen molar-refractivity contribution >= 4 is 38.4 Å². The highest BCUT2D eigenvalue weighted by atomic mass is 79.9. The van der Waals surface area contributed by atoms with E-state index in [2.05, 4.69) is 20.9 Å². The van der Waals surface area contributed by atoms with Crippen molar-refractivity contribution in [1.29, 1.82) is 0 Å². The zero-order chi connectivity index (χ0) is 11.9. The van der Waals surface area contributed by atoms with Crippen LogP contribution in [0.2, 0.25) is 5.02 Å². The van der Waals surface area contributed by atoms with Gasteiger partial charge in [-0.15, -0.1) is 0 Å². The number of nitrogens with zero attached hydrogens (tertiary/aromatic N) is 1. The standard InChI is InChI=1S/C11H7BrClF2N/c1-5-2-3-6(12)9-7(13)4-8(11(14)15)16-10(5)9/h2-4,11H,1H3. The van der Waals surface area contributed by atoms with Gasteiger partial charge in [-0.3, -0.25) is 0 Å². The maximum absolute atomic E-state index is 12.6. The first-order valence-electron chi connectivity index (χ1n) is 4.54. The molecule has 1 heterocycles. The molecule has 0 fully saturated rings. The molecule has 0 aliphatic carbocycles. The molecule has 1 nitrogen and oxygen atoms in total. The molecule has 0 aliphatic heterocycles. The van der Waals surface area contributed by atoms with Crippen LogP contribution in [0.15, 0.2) is 22.7 Å². The van der Waals surface area contributed by atoms with Gasteiger partial charge in [0.15, 0.2) is 0 Å². The molecule has 1 aromatic carbocycles. The molecule has 0 N–H and O–H groups in total. The lowest BCUT2D eigenvalue weighted by Crippen LogP contribution is -1.94. The lowest BCUT2D eigenvalue weighted by molar-refractivity contribution is 0.146. The Hall–Kier alpha value is -0.740. The highest BCUT2D eigenvalue weighted by molar-refractivity contribution is 9.10. The summed E-state index contributed by atoms with van der Waals surface area (Å²) in [6.45, 7) is 1.81. The molecule has 0 saturated carbocycles. The molecule has 1 aromatic heterocycles. The van der Waals surface area contributed by atoms with Crippen molar-refractivity contribution in [2.24, 2.45) is 0 Å². The molecule has 0 spiro atoms. The van der Waals surface area contributed by atoms with Crippen molar-refractivity contribution in [3.05, 3.63) is 39.0 Å². The van der Waals surface area contributed by atoms with Gasteiger partial charge in [0.2, 0.25) is 0 Å². The Morgan fingerprint density at radius 1 is 1.38 bits per heavy atom. The predicted octanol–water partition coefficient (Wildman–Crippen LogP) is 4.90. The van der Waals surface area contributed by atoms with Gasteiger partial charge in [-0.1, -0.05) is 33.6 Å². The molecular weight excluding hydrogens is 299 g/mol. The molecule has 0 saturated heterocycles. The number of hydrogen-bond donors (Lipinski definition) is 0. The Bertz CT molecular complexity index is 557. The smallest absolute Gasteiger partial charge is 0.246 e. The third kappa shape index (κ3) is 1.92. The Morgan fingerprint density at radius 3 is 2.69 bits per heavy atom. The summed E-state index contributed by atoms with van der Waals surface area (Å²) in [7, 11) is 0. The minimum atomic E-state index is -2.61. The van der Waals surface area contributed by atoms with Crippen molar-refractivity contribution in [3.8, 4) is 0 Å². The molecule has 2 rings (SSSR count). The molecule has 0 aliphatic rings. The van der Waals surface area contributed by atoms with Crippen LogP contribution in [0.1, 0.15) is 17.7 Å². The van der Waals surface area contributed by atoms with Gasteiger partial charge < -0.3 is 0 Å². The van der Waals surface area contributed by atoms with Crippen LogP contribution in [-0.2, 0) is 0 Å². The molecular formula is C11H7BrClF2N. The second-order valence-corrected chi connectivity index (χ2v) is 4.68. The zero-order valence-corrected chi connectivity index (χ0v) is 10.6. The van der Waals surface area contributed by atoms with Gasteiger partial charge in [-0.2, -0.15) is 0 Å². The molecule has 0 bridgehead atoms. The van der Waals surface area contributed by atoms with Crippen LogP contribution < -0.4 is 0 Å². The first kappa shape index (κ1) is 11.7. The van der Waals surface area contributed by atoms with Gasteiger partial charge in [0.05, 0.1) is 10.5 Å². The van der Waals surface area contributed by atoms with Crippen molar-refractivity contribution in [3.63, 3.8) is 0 Å². The van der Waals surface area contributed by atoms with Crippen molar-refractivity contribution in [2.45, 2.75) is 13.3 Å². The normalized spacial score (nSPS) is 11.4. The van der Waals surface area contributed by atoms with Crippen molar-refractivity contribution in [1.82, 2.24) is 4.98 Å². The third-order valence-electron chi connectivity index (χ3n) is 2.31. The number of fused-ring (bicyclic) bond motifs is 1. The molecule has 0 unspecified atom stereocenters. The Balaban J connectivity index is 2.86. The molecule has 5 heteroatoms. The van der Waals surface area contributed by atoms with E-state index < -0.39 is 6.43 Å². The topological polar surface area (TPSA) is 12.9 Å². The number of rotatable bonds is 1. The number of halogens is 4. The van der Waals surface area contributed by atoms with Gasteiger partial charge in [-0.25, -0.2) is 13.8 Å². The molecule has 0 amide bonds. The first-order valence-corrected chi connectivity index (χ1v) is 5.71. The van der Waals surface area contributed by atoms with Crippen LogP contribution in [0.3, 0.4) is 0 Å². The van der Waals surface area contributed by atoms with Gasteiger partial charge >= 0.3 is 0 Å². The number of aromatic nitrogens is 1. The van der Waals surface area contributed by atoms with E-state index in [1.165, 1.54) is 6.07 Å². The molecule has 16 heavy (non-hydrogen) atoms. The van der Waals surface area contributed by atoms with Gasteiger partial charge in [0, 0.05) is 9.86 Å². The fraction of sp³-hybridized carbons (Fsp3) is 0.182. The van der Waals surface area contributed by atoms with E-state index in [0.29, 0.717) is 10.9 Å². The van der Waals surface area contributed by atoms with Gasteiger partial charge in [-0.05, 0) is 24.6 Å². The second-order valence-electron chi connectivity index (χ2n) is 3.42. The lowest BCUT2D eigenvalue weighted by atomic mass is 10.1. The van der Waals surface area contributed by atoms with E-state index in [1.807, 2.05) is 19.1 Å². The minimum Gasteiger partial charge on any atom is -0.246 e. The average Bonchev–Trinajstić information content (AvgIpc) is 2.22. The Kier molecular flexibility index (Phi) is 3.13. The summed E-state index contributed by atoms with van der Waals surface area (Å²) in [4.78, 5) is 3.93. The van der Waals surface area contributed by atoms with E-state index >= 15 is 0 Å². The minimum absolute atomic E-state index is 0.288. The van der Waals surface area contributed by atoms with E-state index in [1.54, 1.807) is 0 Å². The third-order valence-corrected chi connectivity index (χ3v) is 3.27. The van der Waals surface area contributed by atoms with Gasteiger partial charge in [0.25, 0.3) is 6.43 Å². The average molecular weight is 307 g/mol. The molecule has 84 valence electrons. The quantitative estimate of drug-likeness (QED) is 0.730. The number of pyridine rings is 1. The van der Waals surface area contributed by atoms with E-state index in [4.69, 9.17) is 11.6 Å². The summed E-state index contributed by atoms with van der Waals surface area (Å²) in [6.07, 6.45) is -2.61. The number of benzene rings is 1. The second kappa shape index (κ2) is 4.26. The van der Waals surface area contributed by atoms with Crippen LogP contribution in [0, 0.1) is 6.92 Å². The maximum Gasteiger partial charge on any atom is 0.280 e. The Morgan fingerprint density at radius 2 is 2.06 bits per heavy atom. The predicted molar refractivity (Wildman–Crippen MR) is 64.1 cm³/mol. The summed E-state index contributed by atoms with van der Waals surface area (Å²) in [6, 6.07) is 4.84. The maximum atomic E-state index is 12.6. The summed E-state index contributed by atoms with van der Waals surface area (Å²) >= 11 is 9.31. The Labute approximate surface area is 105 Å². The highest BCUT2D eigenvalue weighted by Gasteiger charge is 2.14. The number of aryl methyl sites for hydroxylation is 1. The van der Waals surface area contributed by atoms with Crippen molar-refractivity contribution in [2.75, 3.05) is 0 Å². The lowest BCUT2D eigenvalue weighted by Gasteiger charge is -2.08. The van der Waals surface area contributed by atoms with Crippen LogP contribution in [0.5, 0.6) is 0 Å². The van der Waals surface area contributed by atoms with Crippen LogP contribution >= 0.6 is 27.5 Å². The van der Waals surface area contributed by atoms with Gasteiger partial charge in [0.1, 0.15) is 5.69 Å². The summed E-state index contributed by atoms with van der Waals surface area (Å²) < 4.78 is 25.9. The molecule has 0 atom stereocenters. The number of alkyl halides is 2. The van der Waals surface area contributed by atoms with Crippen LogP contribution in [0.4, 0.5) is 8.78 Å². The zero-order valence-electron chi connectivity index (χ0n) is 8.27. The SMILES string of the molecule is Cc1ccc(Br)c2c(Cl)cc(C(F)F)nc12. The molecule has 0 radical (unpaired) electrons. The first-order chi connectivity index (χ1) is 7.50. The summed E-state index contributed by atoms with van der Waals surface area (Å²) in [5, 5.41) is 0.960. The van der Waals surface area contributed by atoms with E-state index in [-0.39, 0.29) is 10.7 Å². The van der Waals surface area contributed by atoms with Crippen LogP contribution in [0.25, 0.3) is 10.9 Å². The fourth-order valence-corrected chi connectivity index (χ4v) is 2.47. The number of hydrogen-bond acceptors (Lipinski definition) is 1. The fourth-order valence-electron chi connectivity index (χ4n) is 1.52. The van der Waals surface area contributed by atoms with Crippen molar-refractivity contribution < 1.29 is 8.78 Å². The molecule has 2 aromatic rings. The van der Waals surface area contributed by atoms with E-state index in [9.17, 15) is 8.78 Å². The van der Waals surface area contributed by atoms with E-state index in [0.717, 1.165) is 10.0 Å².